The summed E-state index contributed by atoms with van der Waals surface area (Å²) < 4.78 is 7.90. The van der Waals surface area contributed by atoms with Gasteiger partial charge in [0.2, 0.25) is 0 Å². The van der Waals surface area contributed by atoms with E-state index in [1.54, 1.807) is 6.33 Å². The summed E-state index contributed by atoms with van der Waals surface area (Å²) >= 11 is 0. The maximum absolute atomic E-state index is 5.89. The van der Waals surface area contributed by atoms with Crippen molar-refractivity contribution in [2.75, 3.05) is 13.2 Å². The van der Waals surface area contributed by atoms with Gasteiger partial charge < -0.3 is 10.1 Å². The molecule has 5 nitrogen and oxygen atoms in total. The minimum Gasteiger partial charge on any atom is -0.374 e. The van der Waals surface area contributed by atoms with Crippen molar-refractivity contribution in [2.45, 2.75) is 66.2 Å². The highest BCUT2D eigenvalue weighted by Gasteiger charge is 2.30. The second-order valence-corrected chi connectivity index (χ2v) is 6.10. The molecule has 0 saturated heterocycles. The fourth-order valence-corrected chi connectivity index (χ4v) is 2.41. The number of nitrogens with zero attached hydrogens (tertiary/aromatic N) is 3. The first-order valence-electron chi connectivity index (χ1n) is 7.64. The number of hydrogen-bond donors (Lipinski definition) is 1. The molecule has 1 aromatic heterocycles. The molecule has 0 fully saturated rings. The van der Waals surface area contributed by atoms with Crippen LogP contribution in [0.25, 0.3) is 0 Å². The molecule has 0 spiro atoms. The molecule has 0 aliphatic heterocycles. The Morgan fingerprint density at radius 2 is 2.05 bits per heavy atom. The maximum atomic E-state index is 5.89. The third kappa shape index (κ3) is 4.87. The summed E-state index contributed by atoms with van der Waals surface area (Å²) in [7, 11) is 0. The summed E-state index contributed by atoms with van der Waals surface area (Å²) in [4.78, 5) is 4.42. The van der Waals surface area contributed by atoms with E-state index in [-0.39, 0.29) is 11.6 Å². The highest BCUT2D eigenvalue weighted by Crippen LogP contribution is 2.18. The van der Waals surface area contributed by atoms with Crippen LogP contribution in [0.2, 0.25) is 0 Å². The van der Waals surface area contributed by atoms with E-state index < -0.39 is 0 Å². The van der Waals surface area contributed by atoms with Crippen LogP contribution in [0.3, 0.4) is 0 Å². The molecule has 5 heteroatoms. The van der Waals surface area contributed by atoms with Crippen LogP contribution < -0.4 is 5.32 Å². The van der Waals surface area contributed by atoms with Gasteiger partial charge >= 0.3 is 0 Å². The highest BCUT2D eigenvalue weighted by molar-refractivity contribution is 4.96. The zero-order valence-corrected chi connectivity index (χ0v) is 13.8. The Kier molecular flexibility index (Phi) is 6.62. The molecule has 1 heterocycles. The van der Waals surface area contributed by atoms with Gasteiger partial charge in [-0.2, -0.15) is 5.10 Å². The van der Waals surface area contributed by atoms with Gasteiger partial charge in [-0.05, 0) is 33.2 Å². The standard InChI is InChI=1S/C15H30N4O/c1-7-16-13(15(5,6)20-8-2)9-14-17-11-18-19(14)10-12(3)4/h11-13,16H,7-10H2,1-6H3. The van der Waals surface area contributed by atoms with Gasteiger partial charge in [0.15, 0.2) is 0 Å². The predicted molar refractivity (Wildman–Crippen MR) is 81.7 cm³/mol. The average molecular weight is 282 g/mol. The van der Waals surface area contributed by atoms with Gasteiger partial charge in [0.05, 0.1) is 5.60 Å². The SMILES string of the molecule is CCNC(Cc1ncnn1CC(C)C)C(C)(C)OCC. The van der Waals surface area contributed by atoms with Gasteiger partial charge in [-0.25, -0.2) is 9.67 Å². The molecule has 1 aromatic rings. The zero-order valence-electron chi connectivity index (χ0n) is 13.8. The molecule has 1 N–H and O–H groups in total. The summed E-state index contributed by atoms with van der Waals surface area (Å²) in [5.74, 6) is 1.59. The van der Waals surface area contributed by atoms with Gasteiger partial charge in [0, 0.05) is 25.6 Å². The molecule has 0 aromatic carbocycles. The van der Waals surface area contributed by atoms with Crippen LogP contribution in [0.4, 0.5) is 0 Å². The molecule has 0 aliphatic rings. The Morgan fingerprint density at radius 1 is 1.35 bits per heavy atom. The van der Waals surface area contributed by atoms with E-state index in [0.29, 0.717) is 12.5 Å². The third-order valence-corrected chi connectivity index (χ3v) is 3.43. The lowest BCUT2D eigenvalue weighted by atomic mass is 9.95. The van der Waals surface area contributed by atoms with Crippen molar-refractivity contribution in [2.24, 2.45) is 5.92 Å². The zero-order chi connectivity index (χ0) is 15.2. The lowest BCUT2D eigenvalue weighted by molar-refractivity contribution is -0.0383. The average Bonchev–Trinajstić information content (AvgIpc) is 2.75. The topological polar surface area (TPSA) is 52.0 Å². The summed E-state index contributed by atoms with van der Waals surface area (Å²) in [6.45, 7) is 15.3. The quantitative estimate of drug-likeness (QED) is 0.755. The number of ether oxygens (including phenoxy) is 1. The summed E-state index contributed by atoms with van der Waals surface area (Å²) in [5.41, 5.74) is -0.223. The summed E-state index contributed by atoms with van der Waals surface area (Å²) in [6.07, 6.45) is 2.47. The van der Waals surface area contributed by atoms with E-state index in [2.05, 4.69) is 50.0 Å². The van der Waals surface area contributed by atoms with Crippen LogP contribution in [0.1, 0.15) is 47.4 Å². The normalized spacial score (nSPS) is 13.9. The fraction of sp³-hybridized carbons (Fsp3) is 0.867. The van der Waals surface area contributed by atoms with E-state index in [0.717, 1.165) is 25.3 Å². The molecule has 0 radical (unpaired) electrons. The van der Waals surface area contributed by atoms with E-state index in [1.165, 1.54) is 0 Å². The van der Waals surface area contributed by atoms with Gasteiger partial charge in [0.25, 0.3) is 0 Å². The predicted octanol–water partition coefficient (Wildman–Crippen LogP) is 2.27. The minimum absolute atomic E-state index is 0.223. The molecule has 0 saturated carbocycles. The Hall–Kier alpha value is -0.940. The van der Waals surface area contributed by atoms with Crippen molar-refractivity contribution in [3.05, 3.63) is 12.2 Å². The Labute approximate surface area is 123 Å². The summed E-state index contributed by atoms with van der Waals surface area (Å²) in [6, 6.07) is 0.225. The molecular weight excluding hydrogens is 252 g/mol. The van der Waals surface area contributed by atoms with Crippen molar-refractivity contribution < 1.29 is 4.74 Å². The molecule has 116 valence electrons. The van der Waals surface area contributed by atoms with E-state index >= 15 is 0 Å². The number of nitrogens with one attached hydrogen (secondary N) is 1. The number of hydrogen-bond acceptors (Lipinski definition) is 4. The van der Waals surface area contributed by atoms with Crippen molar-refractivity contribution in [3.63, 3.8) is 0 Å². The monoisotopic (exact) mass is 282 g/mol. The first-order valence-corrected chi connectivity index (χ1v) is 7.64. The molecule has 1 rings (SSSR count). The third-order valence-electron chi connectivity index (χ3n) is 3.43. The number of likely N-dealkylation sites (N-methyl/N-ethyl adjacent to an activating group) is 1. The minimum atomic E-state index is -0.223. The lowest BCUT2D eigenvalue weighted by Crippen LogP contribution is -2.50. The van der Waals surface area contributed by atoms with Crippen LogP contribution in [0.15, 0.2) is 6.33 Å². The maximum Gasteiger partial charge on any atom is 0.138 e. The Morgan fingerprint density at radius 3 is 2.60 bits per heavy atom. The Balaban J connectivity index is 2.82. The van der Waals surface area contributed by atoms with Crippen molar-refractivity contribution in [1.82, 2.24) is 20.1 Å². The van der Waals surface area contributed by atoms with Crippen LogP contribution in [0, 0.1) is 5.92 Å². The second kappa shape index (κ2) is 7.74. The largest absolute Gasteiger partial charge is 0.374 e. The highest BCUT2D eigenvalue weighted by atomic mass is 16.5. The molecule has 0 amide bonds. The van der Waals surface area contributed by atoms with Crippen molar-refractivity contribution in [1.29, 1.82) is 0 Å². The van der Waals surface area contributed by atoms with Crippen LogP contribution in [0.5, 0.6) is 0 Å². The van der Waals surface area contributed by atoms with E-state index in [9.17, 15) is 0 Å². The lowest BCUT2D eigenvalue weighted by Gasteiger charge is -2.34. The van der Waals surface area contributed by atoms with E-state index in [4.69, 9.17) is 4.74 Å². The van der Waals surface area contributed by atoms with Crippen LogP contribution >= 0.6 is 0 Å². The molecule has 1 unspecified atom stereocenters. The smallest absolute Gasteiger partial charge is 0.138 e. The van der Waals surface area contributed by atoms with Crippen molar-refractivity contribution in [3.8, 4) is 0 Å². The number of aromatic nitrogens is 3. The first kappa shape index (κ1) is 17.1. The van der Waals surface area contributed by atoms with Crippen LogP contribution in [-0.4, -0.2) is 39.6 Å². The first-order chi connectivity index (χ1) is 9.40. The molecular formula is C15H30N4O. The van der Waals surface area contributed by atoms with Gasteiger partial charge in [-0.15, -0.1) is 0 Å². The Bertz CT molecular complexity index is 387. The molecule has 0 aliphatic carbocycles. The molecule has 1 atom stereocenters. The molecule has 20 heavy (non-hydrogen) atoms. The van der Waals surface area contributed by atoms with Crippen molar-refractivity contribution >= 4 is 0 Å². The number of rotatable bonds is 9. The van der Waals surface area contributed by atoms with Crippen LogP contribution in [-0.2, 0) is 17.7 Å². The van der Waals surface area contributed by atoms with Gasteiger partial charge in [-0.3, -0.25) is 0 Å². The van der Waals surface area contributed by atoms with E-state index in [1.807, 2.05) is 11.6 Å². The van der Waals surface area contributed by atoms with Gasteiger partial charge in [0.1, 0.15) is 12.2 Å². The fourth-order valence-electron chi connectivity index (χ4n) is 2.41. The molecule has 0 bridgehead atoms. The summed E-state index contributed by atoms with van der Waals surface area (Å²) in [5, 5.41) is 7.85. The van der Waals surface area contributed by atoms with Gasteiger partial charge in [-0.1, -0.05) is 20.8 Å². The second-order valence-electron chi connectivity index (χ2n) is 6.10.